The topological polar surface area (TPSA) is 87.5 Å². The molecule has 0 bridgehead atoms. The highest BCUT2D eigenvalue weighted by Crippen LogP contribution is 2.37. The lowest BCUT2D eigenvalue weighted by Crippen LogP contribution is -2.35. The Bertz CT molecular complexity index is 904. The van der Waals surface area contributed by atoms with E-state index in [4.69, 9.17) is 4.52 Å². The fourth-order valence-corrected chi connectivity index (χ4v) is 4.02. The molecule has 2 N–H and O–H groups in total. The summed E-state index contributed by atoms with van der Waals surface area (Å²) in [6.07, 6.45) is 2.44. The van der Waals surface area contributed by atoms with Crippen LogP contribution >= 0.6 is 0 Å². The quantitative estimate of drug-likeness (QED) is 0.842. The molecule has 2 aliphatic heterocycles. The summed E-state index contributed by atoms with van der Waals surface area (Å²) in [7, 11) is 0. The van der Waals surface area contributed by atoms with Crippen LogP contribution in [-0.4, -0.2) is 28.5 Å². The van der Waals surface area contributed by atoms with Crippen LogP contribution in [0.25, 0.3) is 0 Å². The van der Waals surface area contributed by atoms with Crippen LogP contribution in [-0.2, 0) is 11.2 Å². The van der Waals surface area contributed by atoms with E-state index < -0.39 is 5.82 Å². The van der Waals surface area contributed by atoms with Crippen molar-refractivity contribution in [2.75, 3.05) is 17.2 Å². The van der Waals surface area contributed by atoms with Crippen molar-refractivity contribution in [3.8, 4) is 0 Å². The SMILES string of the molecule is Cc1noc(C)c1[C@@H]1CCCN1C(=O)Nc1cc(F)cc2c1NC(=O)CC2. The molecule has 1 saturated heterocycles. The number of aromatic nitrogens is 1. The van der Waals surface area contributed by atoms with Crippen molar-refractivity contribution in [3.05, 3.63) is 40.5 Å². The van der Waals surface area contributed by atoms with Crippen LogP contribution < -0.4 is 10.6 Å². The number of urea groups is 1. The van der Waals surface area contributed by atoms with Crippen LogP contribution in [0, 0.1) is 19.7 Å². The minimum Gasteiger partial charge on any atom is -0.361 e. The number of likely N-dealkylation sites (tertiary alicyclic amines) is 1. The van der Waals surface area contributed by atoms with Gasteiger partial charge in [-0.25, -0.2) is 9.18 Å². The van der Waals surface area contributed by atoms with E-state index in [1.54, 1.807) is 4.90 Å². The molecule has 0 aliphatic carbocycles. The van der Waals surface area contributed by atoms with Gasteiger partial charge in [-0.05, 0) is 50.8 Å². The van der Waals surface area contributed by atoms with E-state index in [0.717, 1.165) is 24.1 Å². The Morgan fingerprint density at radius 3 is 2.93 bits per heavy atom. The number of carbonyl (C=O) groups is 2. The fourth-order valence-electron chi connectivity index (χ4n) is 4.02. The second kappa shape index (κ2) is 6.68. The molecule has 1 atom stereocenters. The molecule has 2 aliphatic rings. The van der Waals surface area contributed by atoms with Gasteiger partial charge in [0.25, 0.3) is 0 Å². The zero-order valence-corrected chi connectivity index (χ0v) is 15.3. The Morgan fingerprint density at radius 1 is 1.37 bits per heavy atom. The van der Waals surface area contributed by atoms with E-state index in [1.165, 1.54) is 12.1 Å². The van der Waals surface area contributed by atoms with Crippen LogP contribution in [0.3, 0.4) is 0 Å². The number of fused-ring (bicyclic) bond motifs is 1. The zero-order chi connectivity index (χ0) is 19.1. The second-order valence-corrected chi connectivity index (χ2v) is 7.06. The number of nitrogens with zero attached hydrogens (tertiary/aromatic N) is 2. The van der Waals surface area contributed by atoms with Gasteiger partial charge in [-0.1, -0.05) is 5.16 Å². The van der Waals surface area contributed by atoms with Gasteiger partial charge in [0.2, 0.25) is 5.91 Å². The molecule has 1 fully saturated rings. The normalized spacial score (nSPS) is 19.0. The molecule has 1 aromatic heterocycles. The first-order chi connectivity index (χ1) is 12.9. The molecule has 0 spiro atoms. The molecule has 3 amide bonds. The van der Waals surface area contributed by atoms with Crippen LogP contribution in [0.5, 0.6) is 0 Å². The highest BCUT2D eigenvalue weighted by Gasteiger charge is 2.34. The van der Waals surface area contributed by atoms with E-state index in [9.17, 15) is 14.0 Å². The smallest absolute Gasteiger partial charge is 0.322 e. The van der Waals surface area contributed by atoms with Gasteiger partial charge >= 0.3 is 6.03 Å². The number of nitrogens with one attached hydrogen (secondary N) is 2. The average molecular weight is 372 g/mol. The third-order valence-corrected chi connectivity index (χ3v) is 5.25. The molecule has 27 heavy (non-hydrogen) atoms. The number of amides is 3. The molecule has 4 rings (SSSR count). The van der Waals surface area contributed by atoms with Gasteiger partial charge in [0.1, 0.15) is 11.6 Å². The van der Waals surface area contributed by atoms with Crippen molar-refractivity contribution < 1.29 is 18.5 Å². The first-order valence-corrected chi connectivity index (χ1v) is 9.06. The van der Waals surface area contributed by atoms with Gasteiger partial charge in [-0.2, -0.15) is 0 Å². The summed E-state index contributed by atoms with van der Waals surface area (Å²) in [5, 5.41) is 9.52. The van der Waals surface area contributed by atoms with E-state index in [0.29, 0.717) is 36.4 Å². The number of aryl methyl sites for hydroxylation is 3. The van der Waals surface area contributed by atoms with Crippen LogP contribution in [0.15, 0.2) is 16.7 Å². The van der Waals surface area contributed by atoms with Crippen molar-refractivity contribution >= 4 is 23.3 Å². The van der Waals surface area contributed by atoms with Crippen molar-refractivity contribution in [1.29, 1.82) is 0 Å². The number of carbonyl (C=O) groups excluding carboxylic acids is 2. The maximum absolute atomic E-state index is 14.0. The van der Waals surface area contributed by atoms with Crippen molar-refractivity contribution in [2.45, 2.75) is 45.6 Å². The number of halogens is 1. The Labute approximate surface area is 155 Å². The molecular weight excluding hydrogens is 351 g/mol. The predicted molar refractivity (Wildman–Crippen MR) is 97.0 cm³/mol. The van der Waals surface area contributed by atoms with E-state index in [2.05, 4.69) is 15.8 Å². The lowest BCUT2D eigenvalue weighted by molar-refractivity contribution is -0.116. The molecule has 142 valence electrons. The van der Waals surface area contributed by atoms with Gasteiger partial charge < -0.3 is 20.1 Å². The number of hydrogen-bond donors (Lipinski definition) is 2. The molecule has 0 radical (unpaired) electrons. The number of hydrogen-bond acceptors (Lipinski definition) is 4. The minimum absolute atomic E-state index is 0.129. The molecule has 0 saturated carbocycles. The van der Waals surface area contributed by atoms with E-state index >= 15 is 0 Å². The number of benzene rings is 1. The molecule has 1 aromatic carbocycles. The molecule has 3 heterocycles. The maximum Gasteiger partial charge on any atom is 0.322 e. The molecule has 0 unspecified atom stereocenters. The third-order valence-electron chi connectivity index (χ3n) is 5.25. The predicted octanol–water partition coefficient (Wildman–Crippen LogP) is 3.68. The fraction of sp³-hybridized carbons (Fsp3) is 0.421. The van der Waals surface area contributed by atoms with Crippen molar-refractivity contribution in [2.24, 2.45) is 0 Å². The number of rotatable bonds is 2. The summed E-state index contributed by atoms with van der Waals surface area (Å²) >= 11 is 0. The summed E-state index contributed by atoms with van der Waals surface area (Å²) in [5.41, 5.74) is 3.15. The van der Waals surface area contributed by atoms with Crippen molar-refractivity contribution in [3.63, 3.8) is 0 Å². The Balaban J connectivity index is 1.61. The molecular formula is C19H21FN4O3. The van der Waals surface area contributed by atoms with Crippen LogP contribution in [0.2, 0.25) is 0 Å². The summed E-state index contributed by atoms with van der Waals surface area (Å²) in [6, 6.07) is 2.18. The maximum atomic E-state index is 14.0. The third kappa shape index (κ3) is 3.15. The second-order valence-electron chi connectivity index (χ2n) is 7.06. The van der Waals surface area contributed by atoms with Gasteiger partial charge in [-0.3, -0.25) is 4.79 Å². The Hall–Kier alpha value is -2.90. The first kappa shape index (κ1) is 17.5. The standard InChI is InChI=1S/C19H21FN4O3/c1-10-17(11(2)27-23-10)15-4-3-7-24(15)19(26)21-14-9-13(20)8-12-5-6-16(25)22-18(12)14/h8-9,15H,3-7H2,1-2H3,(H,21,26)(H,22,25)/t15-/m0/s1. The van der Waals surface area contributed by atoms with Crippen molar-refractivity contribution in [1.82, 2.24) is 10.1 Å². The van der Waals surface area contributed by atoms with Gasteiger partial charge in [0, 0.05) is 18.5 Å². The van der Waals surface area contributed by atoms with E-state index in [-0.39, 0.29) is 23.7 Å². The zero-order valence-electron chi connectivity index (χ0n) is 15.3. The summed E-state index contributed by atoms with van der Waals surface area (Å²) in [6.45, 7) is 4.28. The summed E-state index contributed by atoms with van der Waals surface area (Å²) < 4.78 is 19.2. The summed E-state index contributed by atoms with van der Waals surface area (Å²) in [5.74, 6) is 0.121. The van der Waals surface area contributed by atoms with Crippen LogP contribution in [0.1, 0.15) is 47.9 Å². The minimum atomic E-state index is -0.441. The van der Waals surface area contributed by atoms with E-state index in [1.807, 2.05) is 13.8 Å². The Kier molecular flexibility index (Phi) is 4.33. The van der Waals surface area contributed by atoms with Gasteiger partial charge in [0.15, 0.2) is 0 Å². The Morgan fingerprint density at radius 2 is 2.19 bits per heavy atom. The molecule has 8 heteroatoms. The molecule has 2 aromatic rings. The highest BCUT2D eigenvalue weighted by atomic mass is 19.1. The van der Waals surface area contributed by atoms with Gasteiger partial charge in [-0.15, -0.1) is 0 Å². The molecule has 7 nitrogen and oxygen atoms in total. The average Bonchev–Trinajstić information content (AvgIpc) is 3.21. The first-order valence-electron chi connectivity index (χ1n) is 9.06. The van der Waals surface area contributed by atoms with Crippen LogP contribution in [0.4, 0.5) is 20.6 Å². The van der Waals surface area contributed by atoms with Gasteiger partial charge in [0.05, 0.1) is 23.1 Å². The highest BCUT2D eigenvalue weighted by molar-refractivity contribution is 6.01. The monoisotopic (exact) mass is 372 g/mol. The summed E-state index contributed by atoms with van der Waals surface area (Å²) in [4.78, 5) is 26.4. The lowest BCUT2D eigenvalue weighted by Gasteiger charge is -2.27. The number of anilines is 2. The largest absolute Gasteiger partial charge is 0.361 e. The lowest BCUT2D eigenvalue weighted by atomic mass is 10.0.